The van der Waals surface area contributed by atoms with E-state index < -0.39 is 11.8 Å². The highest BCUT2D eigenvalue weighted by molar-refractivity contribution is 6.03. The summed E-state index contributed by atoms with van der Waals surface area (Å²) in [7, 11) is 0. The van der Waals surface area contributed by atoms with Crippen molar-refractivity contribution in [2.75, 3.05) is 11.9 Å². The maximum absolute atomic E-state index is 12.5. The summed E-state index contributed by atoms with van der Waals surface area (Å²) >= 11 is 0. The molecule has 7 nitrogen and oxygen atoms in total. The number of primary amides is 1. The highest BCUT2D eigenvalue weighted by atomic mass is 16.5. The van der Waals surface area contributed by atoms with E-state index in [4.69, 9.17) is 15.0 Å². The van der Waals surface area contributed by atoms with Crippen LogP contribution in [-0.2, 0) is 4.79 Å². The van der Waals surface area contributed by atoms with Gasteiger partial charge in [-0.2, -0.15) is 0 Å². The van der Waals surface area contributed by atoms with Crippen LogP contribution < -0.4 is 15.8 Å². The fraction of sp³-hybridized carbons (Fsp3) is 0.150. The summed E-state index contributed by atoms with van der Waals surface area (Å²) in [6, 6.07) is 16.2. The van der Waals surface area contributed by atoms with Crippen LogP contribution in [0.1, 0.15) is 22.5 Å². The fourth-order valence-electron chi connectivity index (χ4n) is 2.38. The third kappa shape index (κ3) is 4.72. The van der Waals surface area contributed by atoms with E-state index in [1.54, 1.807) is 30.3 Å². The number of nitrogens with two attached hydrogens (primary N) is 1. The SMILES string of the molecule is Cc1ccc(-c2cc(C(=O)Nc3ccccc3OCCC(N)=O)on2)cc1. The normalized spacial score (nSPS) is 10.4. The number of aromatic nitrogens is 1. The molecule has 0 spiro atoms. The van der Waals surface area contributed by atoms with Crippen LogP contribution in [-0.4, -0.2) is 23.6 Å². The van der Waals surface area contributed by atoms with Gasteiger partial charge in [0.15, 0.2) is 0 Å². The molecule has 0 bridgehead atoms. The zero-order chi connectivity index (χ0) is 19.2. The predicted molar refractivity (Wildman–Crippen MR) is 100 cm³/mol. The second kappa shape index (κ2) is 8.18. The highest BCUT2D eigenvalue weighted by Gasteiger charge is 2.16. The summed E-state index contributed by atoms with van der Waals surface area (Å²) in [5.74, 6) is -0.392. The van der Waals surface area contributed by atoms with E-state index in [1.165, 1.54) is 0 Å². The van der Waals surface area contributed by atoms with Crippen LogP contribution in [0.5, 0.6) is 5.75 Å². The quantitative estimate of drug-likeness (QED) is 0.669. The summed E-state index contributed by atoms with van der Waals surface area (Å²) in [6.45, 7) is 2.12. The Morgan fingerprint density at radius 3 is 2.63 bits per heavy atom. The number of anilines is 1. The van der Waals surface area contributed by atoms with Gasteiger partial charge in [-0.25, -0.2) is 0 Å². The van der Waals surface area contributed by atoms with Crippen LogP contribution in [0.15, 0.2) is 59.1 Å². The Morgan fingerprint density at radius 1 is 1.15 bits per heavy atom. The lowest BCUT2D eigenvalue weighted by atomic mass is 10.1. The number of rotatable bonds is 7. The summed E-state index contributed by atoms with van der Waals surface area (Å²) in [5.41, 5.74) is 8.13. The van der Waals surface area contributed by atoms with Gasteiger partial charge in [0.05, 0.1) is 18.7 Å². The number of amides is 2. The van der Waals surface area contributed by atoms with Crippen molar-refractivity contribution in [3.63, 3.8) is 0 Å². The zero-order valence-electron chi connectivity index (χ0n) is 14.8. The number of aryl methyl sites for hydroxylation is 1. The van der Waals surface area contributed by atoms with E-state index in [2.05, 4.69) is 10.5 Å². The van der Waals surface area contributed by atoms with Crippen molar-refractivity contribution in [1.29, 1.82) is 0 Å². The molecule has 0 radical (unpaired) electrons. The number of nitrogens with one attached hydrogen (secondary N) is 1. The first-order chi connectivity index (χ1) is 13.0. The van der Waals surface area contributed by atoms with Gasteiger partial charge in [-0.1, -0.05) is 47.1 Å². The molecule has 0 saturated heterocycles. The van der Waals surface area contributed by atoms with Gasteiger partial charge in [0.2, 0.25) is 11.7 Å². The molecule has 3 rings (SSSR count). The lowest BCUT2D eigenvalue weighted by molar-refractivity contribution is -0.118. The molecule has 2 aromatic carbocycles. The van der Waals surface area contributed by atoms with E-state index in [-0.39, 0.29) is 18.8 Å². The minimum atomic E-state index is -0.457. The number of benzene rings is 2. The smallest absolute Gasteiger partial charge is 0.294 e. The molecule has 0 saturated carbocycles. The molecular weight excluding hydrogens is 346 g/mol. The van der Waals surface area contributed by atoms with Crippen molar-refractivity contribution >= 4 is 17.5 Å². The second-order valence-corrected chi connectivity index (χ2v) is 5.96. The van der Waals surface area contributed by atoms with Crippen LogP contribution in [0, 0.1) is 6.92 Å². The Kier molecular flexibility index (Phi) is 5.51. The van der Waals surface area contributed by atoms with Crippen molar-refractivity contribution in [3.8, 4) is 17.0 Å². The molecule has 3 aromatic rings. The first-order valence-electron chi connectivity index (χ1n) is 8.38. The monoisotopic (exact) mass is 365 g/mol. The Hall–Kier alpha value is -3.61. The maximum Gasteiger partial charge on any atom is 0.294 e. The second-order valence-electron chi connectivity index (χ2n) is 5.96. The molecule has 0 aliphatic heterocycles. The van der Waals surface area contributed by atoms with Gasteiger partial charge >= 0.3 is 0 Å². The minimum Gasteiger partial charge on any atom is -0.491 e. The number of hydrogen-bond acceptors (Lipinski definition) is 5. The first kappa shape index (κ1) is 18.2. The van der Waals surface area contributed by atoms with Crippen LogP contribution in [0.2, 0.25) is 0 Å². The van der Waals surface area contributed by atoms with Crippen molar-refractivity contribution in [3.05, 3.63) is 65.9 Å². The van der Waals surface area contributed by atoms with Gasteiger partial charge in [-0.15, -0.1) is 0 Å². The van der Waals surface area contributed by atoms with E-state index in [9.17, 15) is 9.59 Å². The molecule has 0 fully saturated rings. The molecule has 7 heteroatoms. The third-order valence-corrected chi connectivity index (χ3v) is 3.82. The van der Waals surface area contributed by atoms with Gasteiger partial charge in [-0.3, -0.25) is 9.59 Å². The van der Waals surface area contributed by atoms with Gasteiger partial charge < -0.3 is 20.3 Å². The molecule has 0 aliphatic rings. The molecular formula is C20H19N3O4. The average molecular weight is 365 g/mol. The van der Waals surface area contributed by atoms with Crippen molar-refractivity contribution in [2.24, 2.45) is 5.73 Å². The van der Waals surface area contributed by atoms with Gasteiger partial charge in [0, 0.05) is 11.6 Å². The molecule has 1 aromatic heterocycles. The number of para-hydroxylation sites is 2. The zero-order valence-corrected chi connectivity index (χ0v) is 14.8. The van der Waals surface area contributed by atoms with Crippen molar-refractivity contribution in [2.45, 2.75) is 13.3 Å². The molecule has 2 amide bonds. The molecule has 0 unspecified atom stereocenters. The standard InChI is InChI=1S/C20H19N3O4/c1-13-6-8-14(9-7-13)16-12-18(27-23-16)20(25)22-15-4-2-3-5-17(15)26-11-10-19(21)24/h2-9,12H,10-11H2,1H3,(H2,21,24)(H,22,25). The van der Waals surface area contributed by atoms with E-state index in [0.717, 1.165) is 11.1 Å². The summed E-state index contributed by atoms with van der Waals surface area (Å²) in [4.78, 5) is 23.3. The molecule has 3 N–H and O–H groups in total. The Bertz CT molecular complexity index is 948. The van der Waals surface area contributed by atoms with Gasteiger partial charge in [-0.05, 0) is 19.1 Å². The Morgan fingerprint density at radius 2 is 1.89 bits per heavy atom. The lowest BCUT2D eigenvalue weighted by Crippen LogP contribution is -2.16. The molecule has 27 heavy (non-hydrogen) atoms. The van der Waals surface area contributed by atoms with Gasteiger partial charge in [0.25, 0.3) is 5.91 Å². The topological polar surface area (TPSA) is 107 Å². The number of hydrogen-bond donors (Lipinski definition) is 2. The lowest BCUT2D eigenvalue weighted by Gasteiger charge is -2.11. The fourth-order valence-corrected chi connectivity index (χ4v) is 2.38. The third-order valence-electron chi connectivity index (χ3n) is 3.82. The minimum absolute atomic E-state index is 0.0810. The molecule has 138 valence electrons. The largest absolute Gasteiger partial charge is 0.491 e. The van der Waals surface area contributed by atoms with E-state index in [1.807, 2.05) is 31.2 Å². The maximum atomic E-state index is 12.5. The summed E-state index contributed by atoms with van der Waals surface area (Å²) in [5, 5.41) is 6.68. The Balaban J connectivity index is 1.71. The van der Waals surface area contributed by atoms with Crippen LogP contribution in [0.25, 0.3) is 11.3 Å². The first-order valence-corrected chi connectivity index (χ1v) is 8.38. The van der Waals surface area contributed by atoms with Crippen molar-refractivity contribution in [1.82, 2.24) is 5.16 Å². The molecule has 1 heterocycles. The van der Waals surface area contributed by atoms with Crippen molar-refractivity contribution < 1.29 is 18.8 Å². The van der Waals surface area contributed by atoms with E-state index in [0.29, 0.717) is 17.1 Å². The predicted octanol–water partition coefficient (Wildman–Crippen LogP) is 3.16. The number of nitrogens with zero attached hydrogens (tertiary/aromatic N) is 1. The number of carbonyl (C=O) groups excluding carboxylic acids is 2. The summed E-state index contributed by atoms with van der Waals surface area (Å²) in [6.07, 6.45) is 0.0876. The number of carbonyl (C=O) groups is 2. The van der Waals surface area contributed by atoms with E-state index >= 15 is 0 Å². The average Bonchev–Trinajstić information content (AvgIpc) is 3.14. The Labute approximate surface area is 156 Å². The number of ether oxygens (including phenoxy) is 1. The van der Waals surface area contributed by atoms with Crippen LogP contribution in [0.3, 0.4) is 0 Å². The molecule has 0 aliphatic carbocycles. The highest BCUT2D eigenvalue weighted by Crippen LogP contribution is 2.25. The van der Waals surface area contributed by atoms with Gasteiger partial charge in [0.1, 0.15) is 11.4 Å². The summed E-state index contributed by atoms with van der Waals surface area (Å²) < 4.78 is 10.7. The van der Waals surface area contributed by atoms with Crippen LogP contribution >= 0.6 is 0 Å². The molecule has 0 atom stereocenters. The van der Waals surface area contributed by atoms with Crippen LogP contribution in [0.4, 0.5) is 5.69 Å².